The maximum Gasteiger partial charge on any atom is 0.494 e. The van der Waals surface area contributed by atoms with Crippen LogP contribution in [0.1, 0.15) is 37.4 Å². The quantitative estimate of drug-likeness (QED) is 0.662. The zero-order chi connectivity index (χ0) is 23.5. The molecular formula is C22H24BClN2O6S. The summed E-state index contributed by atoms with van der Waals surface area (Å²) in [6.45, 7) is 8.41. The number of halogens is 1. The summed E-state index contributed by atoms with van der Waals surface area (Å²) in [5.41, 5.74) is 0.529. The van der Waals surface area contributed by atoms with Gasteiger partial charge in [0.15, 0.2) is 0 Å². The number of carbonyl (C=O) groups is 2. The van der Waals surface area contributed by atoms with E-state index >= 15 is 0 Å². The monoisotopic (exact) mass is 490 g/mol. The number of fused-ring (bicyclic) bond motifs is 3. The molecule has 2 amide bonds. The number of anilines is 1. The van der Waals surface area contributed by atoms with Crippen molar-refractivity contribution in [3.63, 3.8) is 0 Å². The Balaban J connectivity index is 1.30. The molecule has 0 saturated carbocycles. The minimum Gasteiger partial charge on any atom is -0.489 e. The van der Waals surface area contributed by atoms with Gasteiger partial charge in [0, 0.05) is 0 Å². The third kappa shape index (κ3) is 3.88. The molecule has 0 spiro atoms. The minimum absolute atomic E-state index is 0.173. The second-order valence-corrected chi connectivity index (χ2v) is 11.0. The number of rotatable bonds is 4. The zero-order valence-corrected chi connectivity index (χ0v) is 20.3. The molecule has 174 valence electrons. The van der Waals surface area contributed by atoms with E-state index in [2.05, 4.69) is 5.32 Å². The predicted molar refractivity (Wildman–Crippen MR) is 126 cm³/mol. The lowest BCUT2D eigenvalue weighted by Crippen LogP contribution is -2.48. The summed E-state index contributed by atoms with van der Waals surface area (Å²) < 4.78 is 24.4. The number of hydrogen-bond acceptors (Lipinski definition) is 7. The van der Waals surface area contributed by atoms with E-state index in [0.717, 1.165) is 5.46 Å². The van der Waals surface area contributed by atoms with Gasteiger partial charge in [-0.2, -0.15) is 0 Å². The van der Waals surface area contributed by atoms with Gasteiger partial charge in [0.05, 0.1) is 32.6 Å². The number of thiophene rings is 1. The number of hydrogen-bond donors (Lipinski definition) is 1. The standard InChI is InChI=1S/C22H24BClN2O6S/c1-21(2)22(3,4)32-23(31-21)12-5-6-13-15(9-12)29-11-14-16(30-20(28)26(13)14)10-25-19(27)17-7-8-18(24)33-17/h5-9,14,16H,10-11H2,1-4H3,(H,25,27)/t14-,16-/m0/s1. The third-order valence-corrected chi connectivity index (χ3v) is 7.88. The molecule has 2 aromatic rings. The van der Waals surface area contributed by atoms with Crippen molar-refractivity contribution in [2.24, 2.45) is 0 Å². The summed E-state index contributed by atoms with van der Waals surface area (Å²) in [5.74, 6) is 0.305. The number of benzene rings is 1. The summed E-state index contributed by atoms with van der Waals surface area (Å²) in [4.78, 5) is 27.1. The summed E-state index contributed by atoms with van der Waals surface area (Å²) in [6.07, 6.45) is -1.00. The molecule has 0 bridgehead atoms. The molecule has 3 aliphatic heterocycles. The first-order valence-corrected chi connectivity index (χ1v) is 11.9. The maximum absolute atomic E-state index is 12.7. The van der Waals surface area contributed by atoms with Crippen LogP contribution in [0.3, 0.4) is 0 Å². The highest BCUT2D eigenvalue weighted by Gasteiger charge is 2.52. The van der Waals surface area contributed by atoms with Crippen LogP contribution in [-0.4, -0.2) is 55.6 Å². The zero-order valence-electron chi connectivity index (χ0n) is 18.7. The Labute approximate surface area is 201 Å². The molecule has 2 saturated heterocycles. The summed E-state index contributed by atoms with van der Waals surface area (Å²) in [5, 5.41) is 2.81. The van der Waals surface area contributed by atoms with Gasteiger partial charge < -0.3 is 24.1 Å². The van der Waals surface area contributed by atoms with Gasteiger partial charge in [0.2, 0.25) is 0 Å². The van der Waals surface area contributed by atoms with Crippen LogP contribution in [0.5, 0.6) is 5.75 Å². The van der Waals surface area contributed by atoms with Crippen molar-refractivity contribution in [2.75, 3.05) is 18.1 Å². The van der Waals surface area contributed by atoms with E-state index in [1.165, 1.54) is 11.3 Å². The first-order chi connectivity index (χ1) is 15.6. The van der Waals surface area contributed by atoms with E-state index < -0.39 is 30.5 Å². The van der Waals surface area contributed by atoms with E-state index in [-0.39, 0.29) is 25.1 Å². The molecule has 4 heterocycles. The second-order valence-electron chi connectivity index (χ2n) is 9.30. The van der Waals surface area contributed by atoms with Crippen LogP contribution < -0.4 is 20.4 Å². The maximum atomic E-state index is 12.7. The molecule has 0 unspecified atom stereocenters. The molecule has 11 heteroatoms. The topological polar surface area (TPSA) is 86.3 Å². The molecule has 33 heavy (non-hydrogen) atoms. The smallest absolute Gasteiger partial charge is 0.489 e. The van der Waals surface area contributed by atoms with Crippen molar-refractivity contribution in [2.45, 2.75) is 51.0 Å². The molecule has 0 radical (unpaired) electrons. The summed E-state index contributed by atoms with van der Waals surface area (Å²) >= 11 is 7.09. The Morgan fingerprint density at radius 1 is 1.21 bits per heavy atom. The third-order valence-electron chi connectivity index (χ3n) is 6.65. The predicted octanol–water partition coefficient (Wildman–Crippen LogP) is 3.22. The van der Waals surface area contributed by atoms with Gasteiger partial charge in [-0.25, -0.2) is 4.79 Å². The van der Waals surface area contributed by atoms with Gasteiger partial charge >= 0.3 is 13.2 Å². The number of cyclic esters (lactones) is 1. The number of amides is 2. The molecule has 5 rings (SSSR count). The Hall–Kier alpha value is -2.27. The number of nitrogens with one attached hydrogen (secondary N) is 1. The molecule has 1 aromatic carbocycles. The first-order valence-electron chi connectivity index (χ1n) is 10.7. The molecule has 0 aliphatic carbocycles. The lowest BCUT2D eigenvalue weighted by Gasteiger charge is -2.32. The molecule has 1 N–H and O–H groups in total. The molecule has 1 aromatic heterocycles. The lowest BCUT2D eigenvalue weighted by molar-refractivity contribution is 0.00578. The van der Waals surface area contributed by atoms with Crippen molar-refractivity contribution in [1.82, 2.24) is 5.32 Å². The molecule has 2 atom stereocenters. The van der Waals surface area contributed by atoms with Crippen LogP contribution in [0.25, 0.3) is 0 Å². The summed E-state index contributed by atoms with van der Waals surface area (Å²) in [6, 6.07) is 8.51. The second kappa shape index (κ2) is 7.90. The van der Waals surface area contributed by atoms with Gasteiger partial charge in [-0.3, -0.25) is 9.69 Å². The van der Waals surface area contributed by atoms with Gasteiger partial charge in [-0.1, -0.05) is 17.7 Å². The highest BCUT2D eigenvalue weighted by atomic mass is 35.5. The normalized spacial score (nSPS) is 24.7. The Bertz CT molecular complexity index is 1110. The van der Waals surface area contributed by atoms with Crippen LogP contribution in [0.2, 0.25) is 4.34 Å². The van der Waals surface area contributed by atoms with Crippen molar-refractivity contribution in [3.05, 3.63) is 39.5 Å². The van der Waals surface area contributed by atoms with Crippen LogP contribution in [0.15, 0.2) is 30.3 Å². The fourth-order valence-electron chi connectivity index (χ4n) is 4.07. The average molecular weight is 491 g/mol. The van der Waals surface area contributed by atoms with Gasteiger partial charge in [0.1, 0.15) is 24.5 Å². The average Bonchev–Trinajstić information content (AvgIpc) is 3.39. The Kier molecular flexibility index (Phi) is 5.39. The number of ether oxygens (including phenoxy) is 2. The highest BCUT2D eigenvalue weighted by Crippen LogP contribution is 2.40. The van der Waals surface area contributed by atoms with Gasteiger partial charge in [-0.05, 0) is 57.4 Å². The molecule has 2 fully saturated rings. The molecule has 8 nitrogen and oxygen atoms in total. The van der Waals surface area contributed by atoms with Gasteiger partial charge in [-0.15, -0.1) is 11.3 Å². The van der Waals surface area contributed by atoms with Crippen molar-refractivity contribution < 1.29 is 28.4 Å². The fourth-order valence-corrected chi connectivity index (χ4v) is 5.03. The number of carbonyl (C=O) groups excluding carboxylic acids is 2. The summed E-state index contributed by atoms with van der Waals surface area (Å²) in [7, 11) is -0.527. The highest BCUT2D eigenvalue weighted by molar-refractivity contribution is 7.18. The first kappa shape index (κ1) is 22.5. The van der Waals surface area contributed by atoms with Crippen molar-refractivity contribution in [3.8, 4) is 5.75 Å². The SMILES string of the molecule is CC1(C)OB(c2ccc3c(c2)OC[C@H]2[C@H](CNC(=O)c4ccc(Cl)s4)OC(=O)N32)OC1(C)C. The Morgan fingerprint density at radius 3 is 2.61 bits per heavy atom. The minimum atomic E-state index is -0.534. The van der Waals surface area contributed by atoms with Crippen LogP contribution >= 0.6 is 22.9 Å². The largest absolute Gasteiger partial charge is 0.494 e. The van der Waals surface area contributed by atoms with E-state index in [4.69, 9.17) is 30.4 Å². The number of nitrogens with zero attached hydrogens (tertiary/aromatic N) is 1. The van der Waals surface area contributed by atoms with Crippen molar-refractivity contribution >= 4 is 53.2 Å². The molecular weight excluding hydrogens is 467 g/mol. The van der Waals surface area contributed by atoms with Crippen molar-refractivity contribution in [1.29, 1.82) is 0 Å². The van der Waals surface area contributed by atoms with E-state index in [1.54, 1.807) is 17.0 Å². The van der Waals surface area contributed by atoms with Crippen LogP contribution in [-0.2, 0) is 14.0 Å². The molecule has 3 aliphatic rings. The van der Waals surface area contributed by atoms with E-state index in [9.17, 15) is 9.59 Å². The van der Waals surface area contributed by atoms with Crippen LogP contribution in [0, 0.1) is 0 Å². The van der Waals surface area contributed by atoms with Gasteiger partial charge in [0.25, 0.3) is 5.91 Å². The van der Waals surface area contributed by atoms with Crippen LogP contribution in [0.4, 0.5) is 10.5 Å². The fraction of sp³-hybridized carbons (Fsp3) is 0.455. The van der Waals surface area contributed by atoms with E-state index in [1.807, 2.05) is 45.9 Å². The van der Waals surface area contributed by atoms with E-state index in [0.29, 0.717) is 20.7 Å². The Morgan fingerprint density at radius 2 is 1.94 bits per heavy atom. The lowest BCUT2D eigenvalue weighted by atomic mass is 9.78.